The summed E-state index contributed by atoms with van der Waals surface area (Å²) in [6.45, 7) is 1.79. The maximum Gasteiger partial charge on any atom is 0.330 e. The van der Waals surface area contributed by atoms with Gasteiger partial charge in [0.2, 0.25) is 5.91 Å². The number of nitrogens with one attached hydrogen (secondary N) is 1. The van der Waals surface area contributed by atoms with Crippen molar-refractivity contribution in [3.63, 3.8) is 0 Å². The minimum Gasteiger partial charge on any atom is -0.479 e. The van der Waals surface area contributed by atoms with Gasteiger partial charge in [-0.2, -0.15) is 0 Å². The maximum atomic E-state index is 12.4. The number of carbonyl (C=O) groups excluding carboxylic acids is 2. The lowest BCUT2D eigenvalue weighted by atomic mass is 10.1. The molecule has 0 saturated carbocycles. The fraction of sp³-hybridized carbons (Fsp3) is 0.250. The Bertz CT molecular complexity index is 852. The van der Waals surface area contributed by atoms with Gasteiger partial charge in [-0.25, -0.2) is 4.79 Å². The molecule has 3 rings (SSSR count). The lowest BCUT2D eigenvalue weighted by molar-refractivity contribution is -0.142. The number of nitrogens with zero attached hydrogens (tertiary/aromatic N) is 1. The number of anilines is 1. The van der Waals surface area contributed by atoms with Crippen molar-refractivity contribution in [2.45, 2.75) is 25.5 Å². The highest BCUT2D eigenvalue weighted by atomic mass is 16.5. The van der Waals surface area contributed by atoms with Crippen LogP contribution in [0.2, 0.25) is 0 Å². The maximum absolute atomic E-state index is 12.4. The number of benzene rings is 2. The van der Waals surface area contributed by atoms with Gasteiger partial charge in [-0.05, 0) is 24.6 Å². The van der Waals surface area contributed by atoms with Gasteiger partial charge in [0.05, 0.1) is 5.69 Å². The first-order chi connectivity index (χ1) is 13.0. The molecule has 2 N–H and O–H groups in total. The fourth-order valence-electron chi connectivity index (χ4n) is 2.97. The number of carboxylic acid groups (broad SMARTS) is 1. The first-order valence-electron chi connectivity index (χ1n) is 8.61. The van der Waals surface area contributed by atoms with Crippen molar-refractivity contribution in [2.24, 2.45) is 0 Å². The molecule has 7 nitrogen and oxygen atoms in total. The standard InChI is InChI=1S/C20H20N2O5/c1-13-19(24)22(15-9-5-6-10-16(15)27-13)12-11-17(23)21-18(20(25)26)14-7-3-2-4-8-14/h2-10,13,18H,11-12H2,1H3,(H,21,23)(H,25,26). The molecule has 0 bridgehead atoms. The van der Waals surface area contributed by atoms with Crippen LogP contribution in [0.4, 0.5) is 5.69 Å². The van der Waals surface area contributed by atoms with Gasteiger partial charge >= 0.3 is 5.97 Å². The van der Waals surface area contributed by atoms with Gasteiger partial charge in [0.15, 0.2) is 12.1 Å². The van der Waals surface area contributed by atoms with Crippen molar-refractivity contribution in [3.05, 3.63) is 60.2 Å². The van der Waals surface area contributed by atoms with E-state index in [0.717, 1.165) is 0 Å². The average molecular weight is 368 g/mol. The number of rotatable bonds is 6. The van der Waals surface area contributed by atoms with Crippen molar-refractivity contribution in [2.75, 3.05) is 11.4 Å². The molecule has 1 aliphatic heterocycles. The van der Waals surface area contributed by atoms with Crippen LogP contribution in [0.15, 0.2) is 54.6 Å². The molecule has 0 fully saturated rings. The number of hydrogen-bond donors (Lipinski definition) is 2. The third-order valence-corrected chi connectivity index (χ3v) is 4.32. The average Bonchev–Trinajstić information content (AvgIpc) is 2.67. The van der Waals surface area contributed by atoms with E-state index < -0.39 is 24.0 Å². The normalized spacial score (nSPS) is 16.9. The third-order valence-electron chi connectivity index (χ3n) is 4.32. The summed E-state index contributed by atoms with van der Waals surface area (Å²) in [6.07, 6.45) is -0.664. The number of ether oxygens (including phenoxy) is 1. The van der Waals surface area contributed by atoms with E-state index in [0.29, 0.717) is 17.0 Å². The van der Waals surface area contributed by atoms with Crippen LogP contribution in [0.1, 0.15) is 24.9 Å². The Labute approximate surface area is 156 Å². The number of amides is 2. The highest BCUT2D eigenvalue weighted by Gasteiger charge is 2.31. The van der Waals surface area contributed by atoms with E-state index in [-0.39, 0.29) is 18.9 Å². The molecule has 7 heteroatoms. The highest BCUT2D eigenvalue weighted by molar-refractivity contribution is 6.00. The van der Waals surface area contributed by atoms with Crippen LogP contribution in [0.3, 0.4) is 0 Å². The number of hydrogen-bond acceptors (Lipinski definition) is 4. The van der Waals surface area contributed by atoms with Crippen molar-refractivity contribution < 1.29 is 24.2 Å². The Kier molecular flexibility index (Phi) is 5.40. The molecule has 1 heterocycles. The van der Waals surface area contributed by atoms with E-state index in [1.165, 1.54) is 4.90 Å². The second-order valence-electron chi connectivity index (χ2n) is 6.22. The zero-order chi connectivity index (χ0) is 19.4. The zero-order valence-electron chi connectivity index (χ0n) is 14.8. The summed E-state index contributed by atoms with van der Waals surface area (Å²) in [6, 6.07) is 14.5. The van der Waals surface area contributed by atoms with Crippen LogP contribution in [0.25, 0.3) is 0 Å². The molecule has 2 aromatic carbocycles. The molecule has 1 aliphatic rings. The summed E-state index contributed by atoms with van der Waals surface area (Å²) in [5.41, 5.74) is 1.09. The Balaban J connectivity index is 1.68. The van der Waals surface area contributed by atoms with E-state index in [1.807, 2.05) is 6.07 Å². The van der Waals surface area contributed by atoms with Crippen LogP contribution in [-0.2, 0) is 14.4 Å². The largest absolute Gasteiger partial charge is 0.479 e. The Morgan fingerprint density at radius 3 is 2.52 bits per heavy atom. The van der Waals surface area contributed by atoms with E-state index in [9.17, 15) is 19.5 Å². The number of para-hydroxylation sites is 2. The smallest absolute Gasteiger partial charge is 0.330 e. The molecule has 140 valence electrons. The monoisotopic (exact) mass is 368 g/mol. The van der Waals surface area contributed by atoms with Crippen LogP contribution in [0, 0.1) is 0 Å². The molecule has 0 radical (unpaired) electrons. The van der Waals surface area contributed by atoms with Gasteiger partial charge < -0.3 is 20.1 Å². The summed E-state index contributed by atoms with van der Waals surface area (Å²) in [5, 5.41) is 11.9. The minimum atomic E-state index is -1.14. The molecule has 0 aromatic heterocycles. The Hall–Kier alpha value is -3.35. The van der Waals surface area contributed by atoms with E-state index in [4.69, 9.17) is 4.74 Å². The number of aliphatic carboxylic acids is 1. The van der Waals surface area contributed by atoms with Crippen LogP contribution < -0.4 is 15.0 Å². The first-order valence-corrected chi connectivity index (χ1v) is 8.61. The second-order valence-corrected chi connectivity index (χ2v) is 6.22. The summed E-state index contributed by atoms with van der Waals surface area (Å²) < 4.78 is 5.57. The van der Waals surface area contributed by atoms with Crippen LogP contribution in [0.5, 0.6) is 5.75 Å². The Morgan fingerprint density at radius 1 is 1.15 bits per heavy atom. The molecule has 0 saturated heterocycles. The lowest BCUT2D eigenvalue weighted by Crippen LogP contribution is -2.46. The number of fused-ring (bicyclic) bond motifs is 1. The molecule has 2 atom stereocenters. The van der Waals surface area contributed by atoms with Gasteiger partial charge in [-0.1, -0.05) is 42.5 Å². The summed E-state index contributed by atoms with van der Waals surface area (Å²) >= 11 is 0. The van der Waals surface area contributed by atoms with Gasteiger partial charge in [0, 0.05) is 13.0 Å². The first kappa shape index (κ1) is 18.4. The second kappa shape index (κ2) is 7.90. The third kappa shape index (κ3) is 4.08. The predicted octanol–water partition coefficient (Wildman–Crippen LogP) is 2.13. The van der Waals surface area contributed by atoms with E-state index in [2.05, 4.69) is 5.32 Å². The summed E-state index contributed by atoms with van der Waals surface area (Å²) in [7, 11) is 0. The van der Waals surface area contributed by atoms with Crippen LogP contribution >= 0.6 is 0 Å². The van der Waals surface area contributed by atoms with Crippen molar-refractivity contribution >= 4 is 23.5 Å². The van der Waals surface area contributed by atoms with Gasteiger partial charge in [-0.3, -0.25) is 9.59 Å². The highest BCUT2D eigenvalue weighted by Crippen LogP contribution is 2.33. The van der Waals surface area contributed by atoms with Crippen molar-refractivity contribution in [3.8, 4) is 5.75 Å². The minimum absolute atomic E-state index is 0.0244. The van der Waals surface area contributed by atoms with Gasteiger partial charge in [0.25, 0.3) is 5.91 Å². The Morgan fingerprint density at radius 2 is 1.81 bits per heavy atom. The predicted molar refractivity (Wildman–Crippen MR) is 98.5 cm³/mol. The molecule has 2 amide bonds. The molecule has 27 heavy (non-hydrogen) atoms. The van der Waals surface area contributed by atoms with Crippen molar-refractivity contribution in [1.82, 2.24) is 5.32 Å². The molecular formula is C20H20N2O5. The number of carbonyl (C=O) groups is 3. The van der Waals surface area contributed by atoms with Crippen molar-refractivity contribution in [1.29, 1.82) is 0 Å². The van der Waals surface area contributed by atoms with Gasteiger partial charge in [0.1, 0.15) is 5.75 Å². The number of carboxylic acids is 1. The topological polar surface area (TPSA) is 95.9 Å². The molecule has 0 aliphatic carbocycles. The summed E-state index contributed by atoms with van der Waals surface area (Å²) in [4.78, 5) is 37.8. The van der Waals surface area contributed by atoms with Gasteiger partial charge in [-0.15, -0.1) is 0 Å². The fourth-order valence-corrected chi connectivity index (χ4v) is 2.97. The molecule has 2 unspecified atom stereocenters. The summed E-state index contributed by atoms with van der Waals surface area (Å²) in [5.74, 6) is -1.25. The molecular weight excluding hydrogens is 348 g/mol. The lowest BCUT2D eigenvalue weighted by Gasteiger charge is -2.32. The van der Waals surface area contributed by atoms with E-state index in [1.54, 1.807) is 55.5 Å². The molecule has 2 aromatic rings. The molecule has 0 spiro atoms. The zero-order valence-corrected chi connectivity index (χ0v) is 14.8. The van der Waals surface area contributed by atoms with E-state index >= 15 is 0 Å². The van der Waals surface area contributed by atoms with Crippen LogP contribution in [-0.4, -0.2) is 35.5 Å². The quantitative estimate of drug-likeness (QED) is 0.814. The SMILES string of the molecule is CC1Oc2ccccc2N(CCC(=O)NC(C(=O)O)c2ccccc2)C1=O.